The molecule has 0 aromatic carbocycles. The molecule has 0 radical (unpaired) electrons. The van der Waals surface area contributed by atoms with Crippen LogP contribution < -0.4 is 5.73 Å². The molecule has 2 N–H and O–H groups in total. The van der Waals surface area contributed by atoms with Crippen LogP contribution in [0.1, 0.15) is 26.2 Å². The van der Waals surface area contributed by atoms with Crippen LogP contribution in [-0.2, 0) is 0 Å². The summed E-state index contributed by atoms with van der Waals surface area (Å²) in [6.07, 6.45) is 11.8. The second kappa shape index (κ2) is 5.03. The zero-order chi connectivity index (χ0) is 9.68. The highest BCUT2D eigenvalue weighted by Gasteiger charge is 2.25. The van der Waals surface area contributed by atoms with Gasteiger partial charge in [-0.25, -0.2) is 0 Å². The van der Waals surface area contributed by atoms with Crippen LogP contribution in [0.15, 0.2) is 36.5 Å². The van der Waals surface area contributed by atoms with Crippen molar-refractivity contribution in [2.75, 3.05) is 0 Å². The minimum absolute atomic E-state index is 0.231. The fourth-order valence-electron chi connectivity index (χ4n) is 1.65. The maximum absolute atomic E-state index is 6.12. The van der Waals surface area contributed by atoms with Crippen molar-refractivity contribution in [2.24, 2.45) is 11.7 Å². The highest BCUT2D eigenvalue weighted by Crippen LogP contribution is 2.31. The monoisotopic (exact) mass is 177 g/mol. The molecular weight excluding hydrogens is 158 g/mol. The van der Waals surface area contributed by atoms with Crippen molar-refractivity contribution < 1.29 is 0 Å². The van der Waals surface area contributed by atoms with Gasteiger partial charge in [0.1, 0.15) is 0 Å². The molecule has 0 heterocycles. The van der Waals surface area contributed by atoms with Crippen molar-refractivity contribution in [3.05, 3.63) is 36.5 Å². The van der Waals surface area contributed by atoms with Crippen molar-refractivity contribution in [2.45, 2.75) is 32.2 Å². The first-order chi connectivity index (χ1) is 6.29. The van der Waals surface area contributed by atoms with Crippen LogP contribution in [0.2, 0.25) is 0 Å². The maximum atomic E-state index is 6.12. The molecule has 1 fully saturated rings. The number of hydrogen-bond acceptors (Lipinski definition) is 1. The second-order valence-electron chi connectivity index (χ2n) is 3.60. The molecule has 13 heavy (non-hydrogen) atoms. The summed E-state index contributed by atoms with van der Waals surface area (Å²) in [6.45, 7) is 5.69. The molecule has 0 aliphatic heterocycles. The van der Waals surface area contributed by atoms with E-state index in [-0.39, 0.29) is 6.04 Å². The third-order valence-electron chi connectivity index (χ3n) is 2.80. The normalized spacial score (nSPS) is 21.5. The van der Waals surface area contributed by atoms with Crippen molar-refractivity contribution in [3.8, 4) is 0 Å². The van der Waals surface area contributed by atoms with Crippen molar-refractivity contribution in [1.82, 2.24) is 0 Å². The van der Waals surface area contributed by atoms with E-state index < -0.39 is 0 Å². The summed E-state index contributed by atoms with van der Waals surface area (Å²) in [7, 11) is 0. The smallest absolute Gasteiger partial charge is 0.0320 e. The molecule has 1 heteroatoms. The highest BCUT2D eigenvalue weighted by atomic mass is 14.7. The predicted octanol–water partition coefficient (Wildman–Crippen LogP) is 2.80. The zero-order valence-corrected chi connectivity index (χ0v) is 8.37. The molecule has 0 spiro atoms. The molecule has 1 atom stereocenters. The Bertz CT molecular complexity index is 221. The largest absolute Gasteiger partial charge is 0.324 e. The first-order valence-electron chi connectivity index (χ1n) is 5.00. The predicted molar refractivity (Wildman–Crippen MR) is 58.4 cm³/mol. The number of allylic oxidation sites excluding steroid dienone is 3. The molecule has 0 aromatic heterocycles. The number of nitrogens with two attached hydrogens (primary N) is 1. The van der Waals surface area contributed by atoms with Gasteiger partial charge in [-0.1, -0.05) is 37.3 Å². The lowest BCUT2D eigenvalue weighted by atomic mass is 9.77. The molecule has 1 rings (SSSR count). The Morgan fingerprint density at radius 2 is 2.23 bits per heavy atom. The Hall–Kier alpha value is -0.820. The van der Waals surface area contributed by atoms with Gasteiger partial charge in [0.25, 0.3) is 0 Å². The molecule has 1 saturated carbocycles. The standard InChI is InChI=1S/C12H19N/c1-3-5-7-10(4-2)12(13)11-8-6-9-11/h3-5,7,11-12H,1,6,8-9,13H2,2H3/b7-5-,10-4+/t12-/m0/s1. The Kier molecular flexibility index (Phi) is 3.97. The van der Waals surface area contributed by atoms with Gasteiger partial charge < -0.3 is 5.73 Å². The first-order valence-corrected chi connectivity index (χ1v) is 5.00. The van der Waals surface area contributed by atoms with Crippen LogP contribution in [-0.4, -0.2) is 6.04 Å². The minimum atomic E-state index is 0.231. The van der Waals surface area contributed by atoms with Gasteiger partial charge in [-0.3, -0.25) is 0 Å². The van der Waals surface area contributed by atoms with E-state index in [9.17, 15) is 0 Å². The van der Waals surface area contributed by atoms with Crippen LogP contribution in [0.25, 0.3) is 0 Å². The van der Waals surface area contributed by atoms with Crippen LogP contribution in [0.5, 0.6) is 0 Å². The van der Waals surface area contributed by atoms with Gasteiger partial charge in [0, 0.05) is 6.04 Å². The van der Waals surface area contributed by atoms with Gasteiger partial charge in [-0.15, -0.1) is 0 Å². The van der Waals surface area contributed by atoms with Gasteiger partial charge in [0.2, 0.25) is 0 Å². The first kappa shape index (κ1) is 10.3. The quantitative estimate of drug-likeness (QED) is 0.656. The minimum Gasteiger partial charge on any atom is -0.324 e. The fourth-order valence-corrected chi connectivity index (χ4v) is 1.65. The van der Waals surface area contributed by atoms with E-state index in [4.69, 9.17) is 5.73 Å². The Morgan fingerprint density at radius 3 is 2.62 bits per heavy atom. The summed E-state index contributed by atoms with van der Waals surface area (Å²) in [4.78, 5) is 0. The molecule has 1 aliphatic carbocycles. The molecule has 0 aromatic rings. The van der Waals surface area contributed by atoms with E-state index in [0.29, 0.717) is 5.92 Å². The second-order valence-corrected chi connectivity index (χ2v) is 3.60. The van der Waals surface area contributed by atoms with E-state index in [1.165, 1.54) is 24.8 Å². The van der Waals surface area contributed by atoms with E-state index >= 15 is 0 Å². The lowest BCUT2D eigenvalue weighted by Gasteiger charge is -2.31. The lowest BCUT2D eigenvalue weighted by Crippen LogP contribution is -2.35. The van der Waals surface area contributed by atoms with Gasteiger partial charge in [-0.2, -0.15) is 0 Å². The van der Waals surface area contributed by atoms with Crippen LogP contribution in [0, 0.1) is 5.92 Å². The molecule has 0 bridgehead atoms. The Labute approximate surface area is 81.0 Å². The molecule has 0 amide bonds. The topological polar surface area (TPSA) is 26.0 Å². The third-order valence-corrected chi connectivity index (χ3v) is 2.80. The van der Waals surface area contributed by atoms with Gasteiger partial charge in [0.05, 0.1) is 0 Å². The summed E-state index contributed by atoms with van der Waals surface area (Å²) >= 11 is 0. The van der Waals surface area contributed by atoms with Crippen molar-refractivity contribution in [1.29, 1.82) is 0 Å². The zero-order valence-electron chi connectivity index (χ0n) is 8.37. The summed E-state index contributed by atoms with van der Waals surface area (Å²) in [5, 5.41) is 0. The molecule has 0 saturated heterocycles. The van der Waals surface area contributed by atoms with Crippen LogP contribution in [0.4, 0.5) is 0 Å². The average molecular weight is 177 g/mol. The van der Waals surface area contributed by atoms with Crippen molar-refractivity contribution in [3.63, 3.8) is 0 Å². The summed E-state index contributed by atoms with van der Waals surface area (Å²) in [5.41, 5.74) is 7.36. The SMILES string of the molecule is C=C/C=C\C(=C/C)[C@H](N)C1CCC1. The molecule has 1 nitrogen and oxygen atoms in total. The van der Waals surface area contributed by atoms with Crippen LogP contribution in [0.3, 0.4) is 0 Å². The van der Waals surface area contributed by atoms with E-state index in [1.807, 2.05) is 13.0 Å². The Balaban J connectivity index is 2.54. The van der Waals surface area contributed by atoms with E-state index in [0.717, 1.165) is 0 Å². The highest BCUT2D eigenvalue weighted by molar-refractivity contribution is 5.27. The number of rotatable bonds is 4. The maximum Gasteiger partial charge on any atom is 0.0320 e. The summed E-state index contributed by atoms with van der Waals surface area (Å²) in [6, 6.07) is 0.231. The van der Waals surface area contributed by atoms with Gasteiger partial charge in [-0.05, 0) is 31.3 Å². The number of hydrogen-bond donors (Lipinski definition) is 1. The van der Waals surface area contributed by atoms with Crippen LogP contribution >= 0.6 is 0 Å². The summed E-state index contributed by atoms with van der Waals surface area (Å²) in [5.74, 6) is 0.709. The molecular formula is C12H19N. The molecule has 1 aliphatic rings. The lowest BCUT2D eigenvalue weighted by molar-refractivity contribution is 0.284. The fraction of sp³-hybridized carbons (Fsp3) is 0.500. The average Bonchev–Trinajstić information content (AvgIpc) is 2.02. The third kappa shape index (κ3) is 2.56. The van der Waals surface area contributed by atoms with E-state index in [2.05, 4.69) is 18.7 Å². The van der Waals surface area contributed by atoms with E-state index in [1.54, 1.807) is 6.08 Å². The van der Waals surface area contributed by atoms with Crippen molar-refractivity contribution >= 4 is 0 Å². The van der Waals surface area contributed by atoms with Gasteiger partial charge in [0.15, 0.2) is 0 Å². The van der Waals surface area contributed by atoms with Gasteiger partial charge >= 0.3 is 0 Å². The molecule has 72 valence electrons. The summed E-state index contributed by atoms with van der Waals surface area (Å²) < 4.78 is 0. The molecule has 0 unspecified atom stereocenters. The Morgan fingerprint density at radius 1 is 1.54 bits per heavy atom.